The van der Waals surface area contributed by atoms with E-state index < -0.39 is 16.6 Å². The smallest absolute Gasteiger partial charge is 0.339 e. The maximum Gasteiger partial charge on any atom is 0.339 e. The van der Waals surface area contributed by atoms with Crippen LogP contribution in [0.25, 0.3) is 0 Å². The molecule has 0 bridgehead atoms. The van der Waals surface area contributed by atoms with Crippen LogP contribution in [0.4, 0.5) is 5.69 Å². The number of aromatic carboxylic acids is 1. The zero-order valence-electron chi connectivity index (χ0n) is 10.3. The van der Waals surface area contributed by atoms with E-state index in [0.29, 0.717) is 0 Å². The Labute approximate surface area is 123 Å². The number of nitro benzene ring substituents is 1. The molecule has 0 radical (unpaired) electrons. The van der Waals surface area contributed by atoms with Gasteiger partial charge in [-0.1, -0.05) is 11.6 Å². The van der Waals surface area contributed by atoms with Crippen LogP contribution in [0.5, 0.6) is 17.2 Å². The second-order valence-corrected chi connectivity index (χ2v) is 4.39. The van der Waals surface area contributed by atoms with Gasteiger partial charge in [0.1, 0.15) is 17.1 Å². The monoisotopic (exact) mass is 309 g/mol. The summed E-state index contributed by atoms with van der Waals surface area (Å²) in [7, 11) is 0. The van der Waals surface area contributed by atoms with Crippen molar-refractivity contribution in [1.82, 2.24) is 0 Å². The van der Waals surface area contributed by atoms with Crippen LogP contribution < -0.4 is 4.74 Å². The number of carbonyl (C=O) groups is 1. The predicted molar refractivity (Wildman–Crippen MR) is 73.2 cm³/mol. The number of ether oxygens (including phenoxy) is 1. The Morgan fingerprint density at radius 3 is 2.57 bits per heavy atom. The number of nitro groups is 1. The van der Waals surface area contributed by atoms with Gasteiger partial charge < -0.3 is 14.9 Å². The first-order valence-corrected chi connectivity index (χ1v) is 5.94. The summed E-state index contributed by atoms with van der Waals surface area (Å²) in [4.78, 5) is 21.2. The van der Waals surface area contributed by atoms with E-state index in [1.807, 2.05) is 0 Å². The Hall–Kier alpha value is -2.80. The van der Waals surface area contributed by atoms with Crippen molar-refractivity contribution in [3.8, 4) is 17.2 Å². The van der Waals surface area contributed by atoms with E-state index in [0.717, 1.165) is 18.2 Å². The third-order valence-electron chi connectivity index (χ3n) is 2.54. The predicted octanol–water partition coefficient (Wildman–Crippen LogP) is 3.44. The van der Waals surface area contributed by atoms with Crippen molar-refractivity contribution >= 4 is 23.3 Å². The van der Waals surface area contributed by atoms with Crippen molar-refractivity contribution in [3.05, 3.63) is 57.1 Å². The van der Waals surface area contributed by atoms with E-state index in [4.69, 9.17) is 21.4 Å². The summed E-state index contributed by atoms with van der Waals surface area (Å²) >= 11 is 5.68. The zero-order valence-corrected chi connectivity index (χ0v) is 11.1. The lowest BCUT2D eigenvalue weighted by atomic mass is 10.2. The van der Waals surface area contributed by atoms with Crippen LogP contribution in [0.3, 0.4) is 0 Å². The van der Waals surface area contributed by atoms with Crippen LogP contribution in [-0.2, 0) is 0 Å². The Bertz CT molecular complexity index is 731. The van der Waals surface area contributed by atoms with Crippen LogP contribution in [-0.4, -0.2) is 21.1 Å². The number of carboxylic acid groups (broad SMARTS) is 1. The molecule has 0 saturated heterocycles. The molecule has 0 aliphatic rings. The van der Waals surface area contributed by atoms with Crippen molar-refractivity contribution in [2.75, 3.05) is 0 Å². The maximum absolute atomic E-state index is 10.9. The number of halogens is 1. The van der Waals surface area contributed by atoms with Crippen LogP contribution in [0.15, 0.2) is 36.4 Å². The first kappa shape index (κ1) is 14.6. The summed E-state index contributed by atoms with van der Waals surface area (Å²) in [5.74, 6) is -1.83. The first-order chi connectivity index (χ1) is 9.88. The molecule has 8 heteroatoms. The minimum Gasteiger partial charge on any atom is -0.507 e. The molecule has 0 unspecified atom stereocenters. The SMILES string of the molecule is O=C(O)c1cc(Oc2ccc(Cl)cc2[N+](=O)[O-])ccc1O. The van der Waals surface area contributed by atoms with Crippen molar-refractivity contribution in [3.63, 3.8) is 0 Å². The molecule has 108 valence electrons. The molecule has 2 aromatic carbocycles. The van der Waals surface area contributed by atoms with E-state index in [1.165, 1.54) is 18.2 Å². The van der Waals surface area contributed by atoms with E-state index in [1.54, 1.807) is 0 Å². The highest BCUT2D eigenvalue weighted by atomic mass is 35.5. The second-order valence-electron chi connectivity index (χ2n) is 3.96. The number of phenols is 1. The number of hydrogen-bond acceptors (Lipinski definition) is 5. The fourth-order valence-electron chi connectivity index (χ4n) is 1.60. The molecule has 7 nitrogen and oxygen atoms in total. The Balaban J connectivity index is 2.41. The summed E-state index contributed by atoms with van der Waals surface area (Å²) in [6, 6.07) is 7.31. The van der Waals surface area contributed by atoms with E-state index in [9.17, 15) is 20.0 Å². The van der Waals surface area contributed by atoms with Gasteiger partial charge in [0, 0.05) is 11.1 Å². The average molecular weight is 310 g/mol. The number of nitrogens with zero attached hydrogens (tertiary/aromatic N) is 1. The first-order valence-electron chi connectivity index (χ1n) is 5.56. The van der Waals surface area contributed by atoms with E-state index in [2.05, 4.69) is 0 Å². The minimum absolute atomic E-state index is 0.0376. The number of benzene rings is 2. The third kappa shape index (κ3) is 3.21. The molecule has 0 aliphatic carbocycles. The lowest BCUT2D eigenvalue weighted by Crippen LogP contribution is -1.98. The largest absolute Gasteiger partial charge is 0.507 e. The molecule has 0 saturated carbocycles. The van der Waals surface area contributed by atoms with Crippen molar-refractivity contribution < 1.29 is 24.7 Å². The molecule has 0 fully saturated rings. The summed E-state index contributed by atoms with van der Waals surface area (Å²) in [5.41, 5.74) is -0.725. The van der Waals surface area contributed by atoms with Gasteiger partial charge in [-0.15, -0.1) is 0 Å². The zero-order chi connectivity index (χ0) is 15.6. The fourth-order valence-corrected chi connectivity index (χ4v) is 1.76. The highest BCUT2D eigenvalue weighted by Crippen LogP contribution is 2.34. The van der Waals surface area contributed by atoms with Gasteiger partial charge in [0.05, 0.1) is 4.92 Å². The van der Waals surface area contributed by atoms with Gasteiger partial charge in [0.25, 0.3) is 0 Å². The summed E-state index contributed by atoms with van der Waals surface area (Å²) in [6.45, 7) is 0. The summed E-state index contributed by atoms with van der Waals surface area (Å²) in [5, 5.41) is 29.4. The number of carboxylic acids is 1. The second kappa shape index (κ2) is 5.68. The standard InChI is InChI=1S/C13H8ClNO6/c14-7-1-4-12(10(5-7)15(19)20)21-8-2-3-11(16)9(6-8)13(17)18/h1-6,16H,(H,17,18). The van der Waals surface area contributed by atoms with Gasteiger partial charge in [0.15, 0.2) is 0 Å². The molecule has 0 spiro atoms. The molecule has 2 rings (SSSR count). The Kier molecular flexibility index (Phi) is 3.95. The van der Waals surface area contributed by atoms with Crippen LogP contribution in [0.2, 0.25) is 5.02 Å². The van der Waals surface area contributed by atoms with Gasteiger partial charge in [0.2, 0.25) is 5.75 Å². The fraction of sp³-hybridized carbons (Fsp3) is 0. The Morgan fingerprint density at radius 1 is 1.24 bits per heavy atom. The van der Waals surface area contributed by atoms with Gasteiger partial charge in [-0.25, -0.2) is 4.79 Å². The topological polar surface area (TPSA) is 110 Å². The highest BCUT2D eigenvalue weighted by molar-refractivity contribution is 6.30. The number of rotatable bonds is 4. The molecular weight excluding hydrogens is 302 g/mol. The highest BCUT2D eigenvalue weighted by Gasteiger charge is 2.18. The molecule has 21 heavy (non-hydrogen) atoms. The van der Waals surface area contributed by atoms with Crippen molar-refractivity contribution in [1.29, 1.82) is 0 Å². The quantitative estimate of drug-likeness (QED) is 0.661. The third-order valence-corrected chi connectivity index (χ3v) is 2.78. The molecular formula is C13H8ClNO6. The Morgan fingerprint density at radius 2 is 1.95 bits per heavy atom. The van der Waals surface area contributed by atoms with Gasteiger partial charge in [-0.2, -0.15) is 0 Å². The van der Waals surface area contributed by atoms with Crippen molar-refractivity contribution in [2.45, 2.75) is 0 Å². The molecule has 0 aliphatic heterocycles. The average Bonchev–Trinajstić information content (AvgIpc) is 2.42. The minimum atomic E-state index is -1.34. The summed E-state index contributed by atoms with van der Waals surface area (Å²) < 4.78 is 5.30. The molecule has 0 amide bonds. The number of hydrogen-bond donors (Lipinski definition) is 2. The number of aromatic hydroxyl groups is 1. The van der Waals surface area contributed by atoms with Crippen LogP contribution >= 0.6 is 11.6 Å². The van der Waals surface area contributed by atoms with Gasteiger partial charge >= 0.3 is 11.7 Å². The normalized spacial score (nSPS) is 10.1. The van der Waals surface area contributed by atoms with E-state index >= 15 is 0 Å². The lowest BCUT2D eigenvalue weighted by Gasteiger charge is -2.08. The van der Waals surface area contributed by atoms with Crippen LogP contribution in [0, 0.1) is 10.1 Å². The molecule has 0 atom stereocenters. The maximum atomic E-state index is 10.9. The molecule has 0 heterocycles. The molecule has 0 aromatic heterocycles. The van der Waals surface area contributed by atoms with Crippen LogP contribution in [0.1, 0.15) is 10.4 Å². The van der Waals surface area contributed by atoms with Gasteiger partial charge in [-0.3, -0.25) is 10.1 Å². The van der Waals surface area contributed by atoms with Crippen molar-refractivity contribution in [2.24, 2.45) is 0 Å². The summed E-state index contributed by atoms with van der Waals surface area (Å²) in [6.07, 6.45) is 0. The lowest BCUT2D eigenvalue weighted by molar-refractivity contribution is -0.385. The van der Waals surface area contributed by atoms with Gasteiger partial charge in [-0.05, 0) is 30.3 Å². The molecule has 2 N–H and O–H groups in total. The molecule has 2 aromatic rings. The van der Waals surface area contributed by atoms with E-state index in [-0.39, 0.29) is 27.8 Å².